The Labute approximate surface area is 108 Å². The van der Waals surface area contributed by atoms with E-state index in [1.807, 2.05) is 11.7 Å². The summed E-state index contributed by atoms with van der Waals surface area (Å²) in [6, 6.07) is 2.22. The molecule has 0 radical (unpaired) electrons. The van der Waals surface area contributed by atoms with Crippen LogP contribution < -0.4 is 5.73 Å². The van der Waals surface area contributed by atoms with Crippen molar-refractivity contribution in [3.8, 4) is 11.4 Å². The fourth-order valence-electron chi connectivity index (χ4n) is 2.29. The topological polar surface area (TPSA) is 56.7 Å². The van der Waals surface area contributed by atoms with Crippen LogP contribution in [0.3, 0.4) is 0 Å². The van der Waals surface area contributed by atoms with Gasteiger partial charge in [0, 0.05) is 12.6 Å². The molecule has 2 N–H and O–H groups in total. The Morgan fingerprint density at radius 1 is 1.11 bits per heavy atom. The molecule has 0 bridgehead atoms. The molecule has 1 aromatic heterocycles. The van der Waals surface area contributed by atoms with Crippen LogP contribution in [0.4, 0.5) is 0 Å². The number of aryl methyl sites for hydroxylation is 3. The van der Waals surface area contributed by atoms with Crippen LogP contribution in [-0.2, 0) is 13.6 Å². The third-order valence-corrected chi connectivity index (χ3v) is 3.58. The average Bonchev–Trinajstić information content (AvgIpc) is 2.69. The number of benzene rings is 1. The van der Waals surface area contributed by atoms with Crippen molar-refractivity contribution in [3.05, 3.63) is 34.1 Å². The number of aromatic nitrogens is 3. The van der Waals surface area contributed by atoms with Crippen LogP contribution in [-0.4, -0.2) is 14.8 Å². The summed E-state index contributed by atoms with van der Waals surface area (Å²) in [7, 11) is 1.91. The lowest BCUT2D eigenvalue weighted by atomic mass is 9.94. The second-order valence-corrected chi connectivity index (χ2v) is 4.81. The third kappa shape index (κ3) is 1.93. The van der Waals surface area contributed by atoms with Gasteiger partial charge in [-0.3, -0.25) is 0 Å². The minimum Gasteiger partial charge on any atom is -0.324 e. The Bertz CT molecular complexity index is 570. The van der Waals surface area contributed by atoms with E-state index in [0.717, 1.165) is 5.82 Å². The van der Waals surface area contributed by atoms with Crippen molar-refractivity contribution in [2.24, 2.45) is 12.8 Å². The first-order valence-electron chi connectivity index (χ1n) is 6.13. The summed E-state index contributed by atoms with van der Waals surface area (Å²) in [5, 5.41) is 4.33. The minimum atomic E-state index is 0.372. The van der Waals surface area contributed by atoms with Crippen molar-refractivity contribution in [1.29, 1.82) is 0 Å². The second kappa shape index (κ2) is 4.53. The summed E-state index contributed by atoms with van der Waals surface area (Å²) in [5.74, 6) is 1.59. The molecule has 0 spiro atoms. The predicted molar refractivity (Wildman–Crippen MR) is 73.3 cm³/mol. The first kappa shape index (κ1) is 12.8. The van der Waals surface area contributed by atoms with Gasteiger partial charge in [0.15, 0.2) is 11.6 Å². The molecule has 0 saturated heterocycles. The zero-order chi connectivity index (χ0) is 13.4. The van der Waals surface area contributed by atoms with Crippen molar-refractivity contribution in [3.63, 3.8) is 0 Å². The van der Waals surface area contributed by atoms with Gasteiger partial charge in [0.25, 0.3) is 0 Å². The molecule has 0 saturated carbocycles. The first-order valence-corrected chi connectivity index (χ1v) is 6.13. The lowest BCUT2D eigenvalue weighted by Crippen LogP contribution is -2.01. The van der Waals surface area contributed by atoms with Crippen molar-refractivity contribution < 1.29 is 0 Å². The van der Waals surface area contributed by atoms with Gasteiger partial charge >= 0.3 is 0 Å². The molecular formula is C14H20N4. The van der Waals surface area contributed by atoms with Gasteiger partial charge in [0.1, 0.15) is 0 Å². The quantitative estimate of drug-likeness (QED) is 0.881. The fourth-order valence-corrected chi connectivity index (χ4v) is 2.29. The van der Waals surface area contributed by atoms with Gasteiger partial charge in [0.05, 0.1) is 6.54 Å². The molecule has 0 aliphatic carbocycles. The molecule has 1 aromatic carbocycles. The number of hydrogen-bond donors (Lipinski definition) is 1. The van der Waals surface area contributed by atoms with Gasteiger partial charge in [-0.15, -0.1) is 0 Å². The van der Waals surface area contributed by atoms with Gasteiger partial charge in [-0.1, -0.05) is 6.07 Å². The van der Waals surface area contributed by atoms with Gasteiger partial charge in [-0.05, 0) is 49.9 Å². The van der Waals surface area contributed by atoms with E-state index in [4.69, 9.17) is 5.73 Å². The highest BCUT2D eigenvalue weighted by Gasteiger charge is 2.16. The standard InChI is InChI=1S/C14H20N4/c1-8-6-9(2)11(4)13(10(8)3)14-16-12(7-15)17-18(14)5/h6H,7,15H2,1-5H3. The van der Waals surface area contributed by atoms with E-state index in [2.05, 4.69) is 43.8 Å². The number of rotatable bonds is 2. The van der Waals surface area contributed by atoms with Crippen LogP contribution in [0.15, 0.2) is 6.07 Å². The molecule has 0 amide bonds. The summed E-state index contributed by atoms with van der Waals surface area (Å²) >= 11 is 0. The van der Waals surface area contributed by atoms with E-state index >= 15 is 0 Å². The maximum absolute atomic E-state index is 5.61. The van der Waals surface area contributed by atoms with E-state index < -0.39 is 0 Å². The summed E-state index contributed by atoms with van der Waals surface area (Å²) in [5.41, 5.74) is 11.9. The molecule has 2 aromatic rings. The van der Waals surface area contributed by atoms with Crippen molar-refractivity contribution >= 4 is 0 Å². The highest BCUT2D eigenvalue weighted by molar-refractivity contribution is 5.68. The fraction of sp³-hybridized carbons (Fsp3) is 0.429. The minimum absolute atomic E-state index is 0.372. The van der Waals surface area contributed by atoms with Crippen molar-refractivity contribution in [2.45, 2.75) is 34.2 Å². The Hall–Kier alpha value is -1.68. The van der Waals surface area contributed by atoms with Crippen LogP contribution in [0.5, 0.6) is 0 Å². The molecule has 18 heavy (non-hydrogen) atoms. The highest BCUT2D eigenvalue weighted by atomic mass is 15.3. The van der Waals surface area contributed by atoms with E-state index in [1.54, 1.807) is 0 Å². The van der Waals surface area contributed by atoms with E-state index in [9.17, 15) is 0 Å². The molecule has 4 heteroatoms. The third-order valence-electron chi connectivity index (χ3n) is 3.58. The molecule has 4 nitrogen and oxygen atoms in total. The highest BCUT2D eigenvalue weighted by Crippen LogP contribution is 2.30. The normalized spacial score (nSPS) is 11.0. The maximum Gasteiger partial charge on any atom is 0.164 e. The van der Waals surface area contributed by atoms with Crippen LogP contribution >= 0.6 is 0 Å². The second-order valence-electron chi connectivity index (χ2n) is 4.81. The van der Waals surface area contributed by atoms with Gasteiger partial charge < -0.3 is 5.73 Å². The monoisotopic (exact) mass is 244 g/mol. The van der Waals surface area contributed by atoms with E-state index in [1.165, 1.54) is 27.8 Å². The molecular weight excluding hydrogens is 224 g/mol. The van der Waals surface area contributed by atoms with Crippen LogP contribution in [0, 0.1) is 27.7 Å². The zero-order valence-corrected chi connectivity index (χ0v) is 11.7. The maximum atomic E-state index is 5.61. The molecule has 1 heterocycles. The Kier molecular flexibility index (Phi) is 3.22. The molecule has 0 fully saturated rings. The van der Waals surface area contributed by atoms with Gasteiger partial charge in [0.2, 0.25) is 0 Å². The summed E-state index contributed by atoms with van der Waals surface area (Å²) in [4.78, 5) is 4.53. The van der Waals surface area contributed by atoms with Crippen LogP contribution in [0.1, 0.15) is 28.1 Å². The molecule has 2 rings (SSSR count). The summed E-state index contributed by atoms with van der Waals surface area (Å²) in [6.07, 6.45) is 0. The number of nitrogens with two attached hydrogens (primary N) is 1. The average molecular weight is 244 g/mol. The summed E-state index contributed by atoms with van der Waals surface area (Å²) < 4.78 is 1.82. The SMILES string of the molecule is Cc1cc(C)c(C)c(-c2nc(CN)nn2C)c1C. The largest absolute Gasteiger partial charge is 0.324 e. The predicted octanol–water partition coefficient (Wildman–Crippen LogP) is 2.17. The van der Waals surface area contributed by atoms with Gasteiger partial charge in [-0.25, -0.2) is 9.67 Å². The van der Waals surface area contributed by atoms with Crippen molar-refractivity contribution in [1.82, 2.24) is 14.8 Å². The lowest BCUT2D eigenvalue weighted by Gasteiger charge is -2.14. The molecule has 0 aliphatic heterocycles. The van der Waals surface area contributed by atoms with Crippen LogP contribution in [0.2, 0.25) is 0 Å². The molecule has 0 aliphatic rings. The number of nitrogens with zero attached hydrogens (tertiary/aromatic N) is 3. The lowest BCUT2D eigenvalue weighted by molar-refractivity contribution is 0.748. The Morgan fingerprint density at radius 3 is 2.11 bits per heavy atom. The smallest absolute Gasteiger partial charge is 0.164 e. The van der Waals surface area contributed by atoms with E-state index in [0.29, 0.717) is 12.4 Å². The molecule has 96 valence electrons. The van der Waals surface area contributed by atoms with E-state index in [-0.39, 0.29) is 0 Å². The Balaban J connectivity index is 2.73. The van der Waals surface area contributed by atoms with Crippen LogP contribution in [0.25, 0.3) is 11.4 Å². The molecule has 0 atom stereocenters. The Morgan fingerprint density at radius 2 is 1.67 bits per heavy atom. The number of hydrogen-bond acceptors (Lipinski definition) is 3. The summed E-state index contributed by atoms with van der Waals surface area (Å²) in [6.45, 7) is 8.90. The molecule has 0 unspecified atom stereocenters. The van der Waals surface area contributed by atoms with Crippen molar-refractivity contribution in [2.75, 3.05) is 0 Å². The van der Waals surface area contributed by atoms with Gasteiger partial charge in [-0.2, -0.15) is 5.10 Å². The first-order chi connectivity index (χ1) is 8.45. The zero-order valence-electron chi connectivity index (χ0n) is 11.7.